The number of aromatic nitrogens is 1. The Kier molecular flexibility index (Phi) is 5.52. The van der Waals surface area contributed by atoms with Crippen molar-refractivity contribution >= 4 is 62.3 Å². The standard InChI is InChI=1S/C19H16BrClN4OS/c20-14-5-3-13(4-6-14)12-16-18(26)23-19(27-16)25-10-8-24(9-11-25)17-15(21)2-1-7-22-17/h1-7,12H,8-11H2/b16-12+. The van der Waals surface area contributed by atoms with Crippen molar-refractivity contribution in [2.75, 3.05) is 31.1 Å². The van der Waals surface area contributed by atoms with E-state index in [2.05, 4.69) is 35.7 Å². The smallest absolute Gasteiger partial charge is 0.286 e. The van der Waals surface area contributed by atoms with Crippen molar-refractivity contribution in [3.8, 4) is 0 Å². The molecule has 0 atom stereocenters. The van der Waals surface area contributed by atoms with Crippen LogP contribution in [0.3, 0.4) is 0 Å². The predicted octanol–water partition coefficient (Wildman–Crippen LogP) is 4.29. The lowest BCUT2D eigenvalue weighted by molar-refractivity contribution is -0.113. The molecule has 0 aliphatic carbocycles. The molecular weight excluding hydrogens is 448 g/mol. The van der Waals surface area contributed by atoms with E-state index in [0.29, 0.717) is 9.93 Å². The van der Waals surface area contributed by atoms with Crippen LogP contribution in [0.5, 0.6) is 0 Å². The Labute approximate surface area is 175 Å². The van der Waals surface area contributed by atoms with Crippen LogP contribution in [0.2, 0.25) is 5.02 Å². The van der Waals surface area contributed by atoms with Crippen molar-refractivity contribution in [2.45, 2.75) is 0 Å². The van der Waals surface area contributed by atoms with E-state index in [1.807, 2.05) is 42.5 Å². The number of hydrogen-bond donors (Lipinski definition) is 0. The van der Waals surface area contributed by atoms with Gasteiger partial charge in [-0.15, -0.1) is 0 Å². The van der Waals surface area contributed by atoms with Gasteiger partial charge in [-0.3, -0.25) is 4.79 Å². The Bertz CT molecular complexity index is 924. The summed E-state index contributed by atoms with van der Waals surface area (Å²) in [5.74, 6) is 0.639. The van der Waals surface area contributed by atoms with E-state index < -0.39 is 0 Å². The molecule has 1 aromatic heterocycles. The average Bonchev–Trinajstić information content (AvgIpc) is 3.05. The molecule has 138 valence electrons. The quantitative estimate of drug-likeness (QED) is 0.622. The Morgan fingerprint density at radius 2 is 1.78 bits per heavy atom. The van der Waals surface area contributed by atoms with Crippen LogP contribution in [-0.4, -0.2) is 47.1 Å². The Hall–Kier alpha value is -1.83. The number of nitrogens with zero attached hydrogens (tertiary/aromatic N) is 4. The monoisotopic (exact) mass is 462 g/mol. The largest absolute Gasteiger partial charge is 0.352 e. The number of hydrogen-bond acceptors (Lipinski definition) is 5. The van der Waals surface area contributed by atoms with Gasteiger partial charge < -0.3 is 9.80 Å². The second-order valence-corrected chi connectivity index (χ2v) is 8.48. The van der Waals surface area contributed by atoms with Gasteiger partial charge in [-0.05, 0) is 47.7 Å². The van der Waals surface area contributed by atoms with Crippen LogP contribution in [0.4, 0.5) is 5.82 Å². The first-order chi connectivity index (χ1) is 13.1. The summed E-state index contributed by atoms with van der Waals surface area (Å²) < 4.78 is 1.01. The summed E-state index contributed by atoms with van der Waals surface area (Å²) >= 11 is 11.1. The number of pyridine rings is 1. The minimum absolute atomic E-state index is 0.173. The molecule has 1 amide bonds. The van der Waals surface area contributed by atoms with Crippen LogP contribution in [-0.2, 0) is 4.79 Å². The minimum Gasteiger partial charge on any atom is -0.352 e. The molecule has 1 fully saturated rings. The number of halogens is 2. The minimum atomic E-state index is -0.173. The number of carbonyl (C=O) groups excluding carboxylic acids is 1. The SMILES string of the molecule is O=C1N=C(N2CCN(c3ncccc3Cl)CC2)S/C1=C/c1ccc(Br)cc1. The molecule has 1 saturated heterocycles. The predicted molar refractivity (Wildman–Crippen MR) is 115 cm³/mol. The van der Waals surface area contributed by atoms with Crippen LogP contribution in [0.15, 0.2) is 57.0 Å². The van der Waals surface area contributed by atoms with Crippen molar-refractivity contribution in [1.82, 2.24) is 9.88 Å². The maximum atomic E-state index is 12.3. The molecule has 0 bridgehead atoms. The van der Waals surface area contributed by atoms with Gasteiger partial charge in [0, 0.05) is 36.8 Å². The molecular formula is C19H16BrClN4OS. The summed E-state index contributed by atoms with van der Waals surface area (Å²) in [7, 11) is 0. The highest BCUT2D eigenvalue weighted by Crippen LogP contribution is 2.31. The number of amides is 1. The highest BCUT2D eigenvalue weighted by atomic mass is 79.9. The van der Waals surface area contributed by atoms with Gasteiger partial charge in [-0.1, -0.05) is 39.7 Å². The molecule has 2 aliphatic rings. The van der Waals surface area contributed by atoms with Crippen LogP contribution >= 0.6 is 39.3 Å². The summed E-state index contributed by atoms with van der Waals surface area (Å²) in [5, 5.41) is 1.43. The molecule has 2 aliphatic heterocycles. The van der Waals surface area contributed by atoms with Gasteiger partial charge in [0.25, 0.3) is 5.91 Å². The molecule has 1 aromatic carbocycles. The first-order valence-electron chi connectivity index (χ1n) is 8.49. The topological polar surface area (TPSA) is 48.8 Å². The summed E-state index contributed by atoms with van der Waals surface area (Å²) in [6, 6.07) is 11.5. The van der Waals surface area contributed by atoms with E-state index in [0.717, 1.165) is 47.2 Å². The van der Waals surface area contributed by atoms with Crippen molar-refractivity contribution in [3.05, 3.63) is 62.6 Å². The number of carbonyl (C=O) groups is 1. The lowest BCUT2D eigenvalue weighted by Gasteiger charge is -2.36. The molecule has 5 nitrogen and oxygen atoms in total. The van der Waals surface area contributed by atoms with E-state index in [1.54, 1.807) is 6.20 Å². The highest BCUT2D eigenvalue weighted by molar-refractivity contribution is 9.10. The number of amidine groups is 1. The molecule has 4 rings (SSSR count). The van der Waals surface area contributed by atoms with Crippen LogP contribution in [0.25, 0.3) is 6.08 Å². The maximum Gasteiger partial charge on any atom is 0.286 e. The van der Waals surface area contributed by atoms with Crippen molar-refractivity contribution in [2.24, 2.45) is 4.99 Å². The third kappa shape index (κ3) is 4.20. The van der Waals surface area contributed by atoms with Crippen molar-refractivity contribution in [1.29, 1.82) is 0 Å². The number of anilines is 1. The van der Waals surface area contributed by atoms with Gasteiger partial charge in [-0.25, -0.2) is 4.98 Å². The van der Waals surface area contributed by atoms with Crippen molar-refractivity contribution in [3.63, 3.8) is 0 Å². The van der Waals surface area contributed by atoms with E-state index in [-0.39, 0.29) is 5.91 Å². The summed E-state index contributed by atoms with van der Waals surface area (Å²) in [4.78, 5) is 25.9. The molecule has 8 heteroatoms. The fourth-order valence-electron chi connectivity index (χ4n) is 2.96. The Morgan fingerprint density at radius 3 is 2.48 bits per heavy atom. The Morgan fingerprint density at radius 1 is 1.07 bits per heavy atom. The molecule has 0 N–H and O–H groups in total. The van der Waals surface area contributed by atoms with Gasteiger partial charge in [0.1, 0.15) is 5.82 Å². The van der Waals surface area contributed by atoms with Crippen LogP contribution in [0.1, 0.15) is 5.56 Å². The lowest BCUT2D eigenvalue weighted by atomic mass is 10.2. The fraction of sp³-hybridized carbons (Fsp3) is 0.211. The number of thioether (sulfide) groups is 1. The molecule has 0 saturated carbocycles. The van der Waals surface area contributed by atoms with E-state index in [1.165, 1.54) is 11.8 Å². The zero-order chi connectivity index (χ0) is 18.8. The first-order valence-corrected chi connectivity index (χ1v) is 10.5. The summed E-state index contributed by atoms with van der Waals surface area (Å²) in [6.45, 7) is 3.13. The number of rotatable bonds is 2. The van der Waals surface area contributed by atoms with Gasteiger partial charge in [0.05, 0.1) is 9.93 Å². The summed E-state index contributed by atoms with van der Waals surface area (Å²) in [5.41, 5.74) is 0.986. The molecule has 0 spiro atoms. The molecule has 3 heterocycles. The van der Waals surface area contributed by atoms with Gasteiger partial charge in [0.2, 0.25) is 0 Å². The van der Waals surface area contributed by atoms with Gasteiger partial charge >= 0.3 is 0 Å². The lowest BCUT2D eigenvalue weighted by Crippen LogP contribution is -2.48. The van der Waals surface area contributed by atoms with Crippen LogP contribution < -0.4 is 4.90 Å². The molecule has 0 unspecified atom stereocenters. The summed E-state index contributed by atoms with van der Waals surface area (Å²) in [6.07, 6.45) is 3.64. The Balaban J connectivity index is 1.41. The van der Waals surface area contributed by atoms with E-state index in [9.17, 15) is 4.79 Å². The first kappa shape index (κ1) is 18.5. The molecule has 2 aromatic rings. The van der Waals surface area contributed by atoms with Crippen molar-refractivity contribution < 1.29 is 4.79 Å². The zero-order valence-electron chi connectivity index (χ0n) is 14.3. The van der Waals surface area contributed by atoms with Gasteiger partial charge in [0.15, 0.2) is 5.17 Å². The number of benzene rings is 1. The van der Waals surface area contributed by atoms with E-state index in [4.69, 9.17) is 11.6 Å². The van der Waals surface area contributed by atoms with Gasteiger partial charge in [-0.2, -0.15) is 4.99 Å². The number of piperazine rings is 1. The van der Waals surface area contributed by atoms with E-state index >= 15 is 0 Å². The number of aliphatic imine (C=N–C) groups is 1. The maximum absolute atomic E-state index is 12.3. The third-order valence-electron chi connectivity index (χ3n) is 4.37. The zero-order valence-corrected chi connectivity index (χ0v) is 17.5. The highest BCUT2D eigenvalue weighted by Gasteiger charge is 2.29. The second-order valence-electron chi connectivity index (χ2n) is 6.14. The normalized spacial score (nSPS) is 19.0. The average molecular weight is 464 g/mol. The van der Waals surface area contributed by atoms with Crippen LogP contribution in [0, 0.1) is 0 Å². The molecule has 27 heavy (non-hydrogen) atoms. The second kappa shape index (κ2) is 8.04. The third-order valence-corrected chi connectivity index (χ3v) is 6.23. The molecule has 0 radical (unpaired) electrons. The fourth-order valence-corrected chi connectivity index (χ4v) is 4.43.